The third-order valence-corrected chi connectivity index (χ3v) is 5.78. The average molecular weight is 562 g/mol. The fourth-order valence-corrected chi connectivity index (χ4v) is 3.81. The van der Waals surface area contributed by atoms with E-state index in [0.29, 0.717) is 11.3 Å². The summed E-state index contributed by atoms with van der Waals surface area (Å²) in [6.45, 7) is -0.272. The second kappa shape index (κ2) is 11.0. The summed E-state index contributed by atoms with van der Waals surface area (Å²) < 4.78 is 16.6. The van der Waals surface area contributed by atoms with E-state index in [-0.39, 0.29) is 40.4 Å². The van der Waals surface area contributed by atoms with Gasteiger partial charge in [0.15, 0.2) is 6.61 Å². The molecule has 0 fully saturated rings. The number of halogens is 1. The molecular formula is C26H16ClN5O8. The first kappa shape index (κ1) is 26.1. The monoisotopic (exact) mass is 561 g/mol. The Balaban J connectivity index is 1.31. The molecule has 0 radical (unpaired) electrons. The van der Waals surface area contributed by atoms with Crippen LogP contribution in [-0.4, -0.2) is 31.1 Å². The van der Waals surface area contributed by atoms with Crippen LogP contribution < -0.4 is 11.2 Å². The summed E-state index contributed by atoms with van der Waals surface area (Å²) >= 11 is 6.23. The van der Waals surface area contributed by atoms with Gasteiger partial charge in [0.1, 0.15) is 17.2 Å². The van der Waals surface area contributed by atoms with Crippen LogP contribution in [0.1, 0.15) is 27.7 Å². The van der Waals surface area contributed by atoms with E-state index in [4.69, 9.17) is 25.2 Å². The molecule has 13 nitrogen and oxygen atoms in total. The second-order valence-corrected chi connectivity index (χ2v) is 8.51. The molecule has 0 saturated carbocycles. The number of rotatable bonds is 8. The first-order chi connectivity index (χ1) is 19.3. The summed E-state index contributed by atoms with van der Waals surface area (Å²) in [6, 6.07) is 16.8. The Morgan fingerprint density at radius 1 is 1.00 bits per heavy atom. The number of benzene rings is 2. The normalized spacial score (nSPS) is 11.1. The predicted octanol–water partition coefficient (Wildman–Crippen LogP) is 4.46. The first-order valence-corrected chi connectivity index (χ1v) is 11.8. The number of H-pyrrole nitrogens is 2. The van der Waals surface area contributed by atoms with Crippen molar-refractivity contribution >= 4 is 35.4 Å². The number of nitrogens with zero attached hydrogens (tertiary/aromatic N) is 3. The summed E-state index contributed by atoms with van der Waals surface area (Å²) in [5.74, 6) is 0.237. The molecule has 2 aromatic carbocycles. The number of esters is 1. The molecule has 3 heterocycles. The zero-order valence-electron chi connectivity index (χ0n) is 20.1. The van der Waals surface area contributed by atoms with Gasteiger partial charge in [-0.2, -0.15) is 0 Å². The molecule has 0 amide bonds. The molecule has 0 unspecified atom stereocenters. The van der Waals surface area contributed by atoms with Crippen LogP contribution in [-0.2, 0) is 11.3 Å². The van der Waals surface area contributed by atoms with E-state index in [1.807, 2.05) is 18.2 Å². The van der Waals surface area contributed by atoms with Crippen LogP contribution in [0.15, 0.2) is 79.1 Å². The largest absolute Gasteiger partial charge is 0.457 e. The quantitative estimate of drug-likeness (QED) is 0.155. The number of nitrogens with one attached hydrogen (secondary N) is 2. The van der Waals surface area contributed by atoms with Crippen molar-refractivity contribution in [1.82, 2.24) is 20.2 Å². The van der Waals surface area contributed by atoms with E-state index in [2.05, 4.69) is 15.2 Å². The van der Waals surface area contributed by atoms with E-state index >= 15 is 0 Å². The van der Waals surface area contributed by atoms with Crippen LogP contribution >= 0.6 is 11.6 Å². The lowest BCUT2D eigenvalue weighted by Gasteiger charge is -2.06. The van der Waals surface area contributed by atoms with Crippen LogP contribution in [0.4, 0.5) is 5.69 Å². The SMILES string of the molecule is O=C(OCc1nnc(-c2ccccc2)o1)c1cc(-c2ccc(/C=C/c3[nH]c(=O)[nH]c(=O)c3[N+](=O)[O-])o2)ccc1Cl. The van der Waals surface area contributed by atoms with E-state index in [0.717, 1.165) is 5.56 Å². The van der Waals surface area contributed by atoms with Gasteiger partial charge in [0.25, 0.3) is 5.89 Å². The molecule has 0 aliphatic carbocycles. The minimum atomic E-state index is -1.13. The third kappa shape index (κ3) is 5.63. The average Bonchev–Trinajstić information content (AvgIpc) is 3.61. The van der Waals surface area contributed by atoms with Gasteiger partial charge in [0.05, 0.1) is 15.5 Å². The lowest BCUT2D eigenvalue weighted by molar-refractivity contribution is -0.386. The van der Waals surface area contributed by atoms with Crippen molar-refractivity contribution in [3.8, 4) is 22.8 Å². The second-order valence-electron chi connectivity index (χ2n) is 8.10. The van der Waals surface area contributed by atoms with Gasteiger partial charge in [-0.1, -0.05) is 29.8 Å². The maximum absolute atomic E-state index is 12.8. The van der Waals surface area contributed by atoms with Gasteiger partial charge in [-0.15, -0.1) is 10.2 Å². The molecule has 3 aromatic heterocycles. The molecule has 0 aliphatic rings. The van der Waals surface area contributed by atoms with Gasteiger partial charge in [-0.05, 0) is 54.6 Å². The Kier molecular flexibility index (Phi) is 7.20. The topological polar surface area (TPSA) is 187 Å². The van der Waals surface area contributed by atoms with Gasteiger partial charge in [0, 0.05) is 11.1 Å². The molecule has 0 saturated heterocycles. The summed E-state index contributed by atoms with van der Waals surface area (Å²) in [5.41, 5.74) is -1.88. The van der Waals surface area contributed by atoms with Gasteiger partial charge in [-0.25, -0.2) is 9.59 Å². The molecule has 0 bridgehead atoms. The maximum Gasteiger partial charge on any atom is 0.357 e. The van der Waals surface area contributed by atoms with Crippen molar-refractivity contribution < 1.29 is 23.3 Å². The smallest absolute Gasteiger partial charge is 0.357 e. The van der Waals surface area contributed by atoms with E-state index in [9.17, 15) is 24.5 Å². The highest BCUT2D eigenvalue weighted by atomic mass is 35.5. The van der Waals surface area contributed by atoms with E-state index in [1.165, 1.54) is 24.3 Å². The molecule has 5 aromatic rings. The lowest BCUT2D eigenvalue weighted by atomic mass is 10.1. The Morgan fingerprint density at radius 2 is 1.80 bits per heavy atom. The van der Waals surface area contributed by atoms with Crippen LogP contribution in [0.5, 0.6) is 0 Å². The Bertz CT molecular complexity index is 1870. The molecule has 14 heteroatoms. The number of hydrogen-bond donors (Lipinski definition) is 2. The Morgan fingerprint density at radius 3 is 2.58 bits per heavy atom. The van der Waals surface area contributed by atoms with Gasteiger partial charge in [0.2, 0.25) is 5.89 Å². The number of aromatic nitrogens is 4. The molecule has 40 heavy (non-hydrogen) atoms. The zero-order chi connectivity index (χ0) is 28.2. The summed E-state index contributed by atoms with van der Waals surface area (Å²) in [6.07, 6.45) is 2.50. The van der Waals surface area contributed by atoms with Crippen LogP contribution in [0.3, 0.4) is 0 Å². The van der Waals surface area contributed by atoms with E-state index < -0.39 is 27.8 Å². The van der Waals surface area contributed by atoms with Crippen molar-refractivity contribution in [1.29, 1.82) is 0 Å². The van der Waals surface area contributed by atoms with E-state index in [1.54, 1.807) is 35.3 Å². The van der Waals surface area contributed by atoms with Crippen LogP contribution in [0, 0.1) is 10.1 Å². The fraction of sp³-hybridized carbons (Fsp3) is 0.0385. The summed E-state index contributed by atoms with van der Waals surface area (Å²) in [5, 5.41) is 19.2. The number of carbonyl (C=O) groups is 1. The number of aromatic amines is 2. The molecule has 5 rings (SSSR count). The van der Waals surface area contributed by atoms with Crippen molar-refractivity contribution in [2.45, 2.75) is 6.61 Å². The highest BCUT2D eigenvalue weighted by Gasteiger charge is 2.20. The number of carbonyl (C=O) groups excluding carboxylic acids is 1. The number of furan rings is 1. The van der Waals surface area contributed by atoms with Crippen LogP contribution in [0.2, 0.25) is 5.02 Å². The number of hydrogen-bond acceptors (Lipinski definition) is 10. The minimum Gasteiger partial charge on any atom is -0.457 e. The lowest BCUT2D eigenvalue weighted by Crippen LogP contribution is -2.25. The van der Waals surface area contributed by atoms with Gasteiger partial charge >= 0.3 is 22.9 Å². The Hall–Kier alpha value is -5.56. The fourth-order valence-electron chi connectivity index (χ4n) is 3.61. The summed E-state index contributed by atoms with van der Waals surface area (Å²) in [7, 11) is 0. The van der Waals surface area contributed by atoms with Crippen molar-refractivity contribution in [3.05, 3.63) is 120 Å². The number of ether oxygens (including phenoxy) is 1. The van der Waals surface area contributed by atoms with Crippen molar-refractivity contribution in [3.63, 3.8) is 0 Å². The molecule has 2 N–H and O–H groups in total. The van der Waals surface area contributed by atoms with Crippen molar-refractivity contribution in [2.24, 2.45) is 0 Å². The number of nitro groups is 1. The zero-order valence-corrected chi connectivity index (χ0v) is 20.9. The highest BCUT2D eigenvalue weighted by molar-refractivity contribution is 6.33. The van der Waals surface area contributed by atoms with Crippen molar-refractivity contribution in [2.75, 3.05) is 0 Å². The predicted molar refractivity (Wildman–Crippen MR) is 141 cm³/mol. The standard InChI is InChI=1S/C26H16ClN5O8/c27-18-9-6-15(12-17(18)25(34)38-13-21-30-31-24(40-21)14-4-2-1-3-5-14)20-11-8-16(39-20)7-10-19-22(32(36)37)23(33)29-26(35)28-19/h1-12H,13H2,(H2,28,29,33,35)/b10-7+. The van der Waals surface area contributed by atoms with Gasteiger partial charge in [-0.3, -0.25) is 19.9 Å². The third-order valence-electron chi connectivity index (χ3n) is 5.45. The molecule has 200 valence electrons. The van der Waals surface area contributed by atoms with Gasteiger partial charge < -0.3 is 18.6 Å². The summed E-state index contributed by atoms with van der Waals surface area (Å²) in [4.78, 5) is 50.4. The molecule has 0 aliphatic heterocycles. The van der Waals surface area contributed by atoms with Crippen LogP contribution in [0.25, 0.3) is 34.9 Å². The molecule has 0 spiro atoms. The Labute approximate surface area is 227 Å². The highest BCUT2D eigenvalue weighted by Crippen LogP contribution is 2.28. The maximum atomic E-state index is 12.8. The first-order valence-electron chi connectivity index (χ1n) is 11.4. The molecule has 0 atom stereocenters. The minimum absolute atomic E-state index is 0.0622. The molecular weight excluding hydrogens is 546 g/mol.